The molecule has 17 heavy (non-hydrogen) atoms. The maximum atomic E-state index is 13.2. The molecule has 0 fully saturated rings. The molecular formula is C14H21ClFN. The lowest BCUT2D eigenvalue weighted by Crippen LogP contribution is -2.21. The smallest absolute Gasteiger partial charge is 0.126 e. The van der Waals surface area contributed by atoms with Crippen LogP contribution in [0.3, 0.4) is 0 Å². The van der Waals surface area contributed by atoms with Gasteiger partial charge in [0.2, 0.25) is 0 Å². The number of benzene rings is 1. The lowest BCUT2D eigenvalue weighted by Gasteiger charge is -2.21. The van der Waals surface area contributed by atoms with Gasteiger partial charge in [0.25, 0.3) is 0 Å². The number of rotatable bonds is 6. The van der Waals surface area contributed by atoms with Gasteiger partial charge in [0.1, 0.15) is 5.82 Å². The van der Waals surface area contributed by atoms with Crippen molar-refractivity contribution in [2.24, 2.45) is 5.92 Å². The van der Waals surface area contributed by atoms with Crippen LogP contribution in [0.5, 0.6) is 0 Å². The van der Waals surface area contributed by atoms with Gasteiger partial charge in [-0.3, -0.25) is 0 Å². The van der Waals surface area contributed by atoms with E-state index in [4.69, 9.17) is 11.6 Å². The van der Waals surface area contributed by atoms with Gasteiger partial charge in [-0.2, -0.15) is 0 Å². The summed E-state index contributed by atoms with van der Waals surface area (Å²) in [5.74, 6) is 0.384. The van der Waals surface area contributed by atoms with E-state index >= 15 is 0 Å². The van der Waals surface area contributed by atoms with Crippen LogP contribution in [0.2, 0.25) is 5.02 Å². The molecule has 0 heterocycles. The first-order chi connectivity index (χ1) is 8.05. The molecule has 0 aliphatic rings. The molecule has 1 rings (SSSR count). The molecule has 2 atom stereocenters. The van der Waals surface area contributed by atoms with Gasteiger partial charge < -0.3 is 5.32 Å². The molecule has 0 spiro atoms. The first-order valence-corrected chi connectivity index (χ1v) is 6.65. The second-order valence-electron chi connectivity index (χ2n) is 4.66. The molecule has 0 amide bonds. The van der Waals surface area contributed by atoms with Gasteiger partial charge in [0, 0.05) is 16.8 Å². The fourth-order valence-electron chi connectivity index (χ4n) is 1.85. The first-order valence-electron chi connectivity index (χ1n) is 6.27. The van der Waals surface area contributed by atoms with E-state index in [2.05, 4.69) is 26.1 Å². The van der Waals surface area contributed by atoms with Crippen LogP contribution >= 0.6 is 11.6 Å². The molecule has 1 N–H and O–H groups in total. The van der Waals surface area contributed by atoms with Gasteiger partial charge in [-0.25, -0.2) is 4.39 Å². The average Bonchev–Trinajstić information content (AvgIpc) is 2.26. The topological polar surface area (TPSA) is 12.0 Å². The van der Waals surface area contributed by atoms with Gasteiger partial charge in [0.05, 0.1) is 0 Å². The van der Waals surface area contributed by atoms with Crippen LogP contribution in [0.15, 0.2) is 18.2 Å². The highest BCUT2D eigenvalue weighted by Gasteiger charge is 2.11. The molecule has 0 aliphatic heterocycles. The highest BCUT2D eigenvalue weighted by atomic mass is 35.5. The van der Waals surface area contributed by atoms with E-state index in [0.29, 0.717) is 17.0 Å². The van der Waals surface area contributed by atoms with E-state index in [9.17, 15) is 4.39 Å². The standard InChI is InChI=1S/C14H21ClFN/c1-4-10(3)6-13(5-2)17-14-8-11(15)7-12(16)9-14/h7-10,13,17H,4-6H2,1-3H3. The average molecular weight is 258 g/mol. The number of halogens is 2. The normalized spacial score (nSPS) is 14.4. The molecule has 1 aromatic rings. The Hall–Kier alpha value is -0.760. The van der Waals surface area contributed by atoms with E-state index in [-0.39, 0.29) is 5.82 Å². The molecule has 3 heteroatoms. The van der Waals surface area contributed by atoms with E-state index in [1.54, 1.807) is 6.07 Å². The van der Waals surface area contributed by atoms with Crippen LogP contribution in [-0.2, 0) is 0 Å². The predicted molar refractivity (Wildman–Crippen MR) is 73.2 cm³/mol. The highest BCUT2D eigenvalue weighted by Crippen LogP contribution is 2.21. The monoisotopic (exact) mass is 257 g/mol. The zero-order valence-electron chi connectivity index (χ0n) is 10.8. The largest absolute Gasteiger partial charge is 0.382 e. The Labute approximate surface area is 108 Å². The molecule has 96 valence electrons. The van der Waals surface area contributed by atoms with Crippen molar-refractivity contribution >= 4 is 17.3 Å². The minimum Gasteiger partial charge on any atom is -0.382 e. The van der Waals surface area contributed by atoms with Gasteiger partial charge >= 0.3 is 0 Å². The summed E-state index contributed by atoms with van der Waals surface area (Å²) in [6.07, 6.45) is 3.29. The van der Waals surface area contributed by atoms with Crippen LogP contribution in [-0.4, -0.2) is 6.04 Å². The Morgan fingerprint density at radius 1 is 1.24 bits per heavy atom. The summed E-state index contributed by atoms with van der Waals surface area (Å²) in [5, 5.41) is 3.79. The van der Waals surface area contributed by atoms with Crippen molar-refractivity contribution in [3.8, 4) is 0 Å². The Morgan fingerprint density at radius 2 is 1.94 bits per heavy atom. The Kier molecular flexibility index (Phi) is 5.76. The van der Waals surface area contributed by atoms with E-state index in [1.807, 2.05) is 0 Å². The summed E-state index contributed by atoms with van der Waals surface area (Å²) in [6, 6.07) is 4.96. The zero-order valence-corrected chi connectivity index (χ0v) is 11.5. The number of hydrogen-bond donors (Lipinski definition) is 1. The highest BCUT2D eigenvalue weighted by molar-refractivity contribution is 6.30. The number of hydrogen-bond acceptors (Lipinski definition) is 1. The molecule has 0 saturated carbocycles. The predicted octanol–water partition coefficient (Wildman–Crippen LogP) is 5.11. The first kappa shape index (κ1) is 14.3. The van der Waals surface area contributed by atoms with E-state index < -0.39 is 0 Å². The van der Waals surface area contributed by atoms with Crippen LogP contribution in [0, 0.1) is 11.7 Å². The molecule has 2 unspecified atom stereocenters. The summed E-state index contributed by atoms with van der Waals surface area (Å²) in [4.78, 5) is 0. The zero-order chi connectivity index (χ0) is 12.8. The van der Waals surface area contributed by atoms with Crippen LogP contribution < -0.4 is 5.32 Å². The van der Waals surface area contributed by atoms with Crippen molar-refractivity contribution in [1.82, 2.24) is 0 Å². The lowest BCUT2D eigenvalue weighted by molar-refractivity contribution is 0.461. The lowest BCUT2D eigenvalue weighted by atomic mass is 9.97. The molecule has 1 nitrogen and oxygen atoms in total. The van der Waals surface area contributed by atoms with Crippen molar-refractivity contribution in [2.45, 2.75) is 46.1 Å². The van der Waals surface area contributed by atoms with Gasteiger partial charge in [-0.05, 0) is 37.0 Å². The van der Waals surface area contributed by atoms with Crippen molar-refractivity contribution in [1.29, 1.82) is 0 Å². The molecular weight excluding hydrogens is 237 g/mol. The van der Waals surface area contributed by atoms with E-state index in [1.165, 1.54) is 18.6 Å². The van der Waals surface area contributed by atoms with Crippen molar-refractivity contribution in [3.63, 3.8) is 0 Å². The molecule has 0 aromatic heterocycles. The third kappa shape index (κ3) is 4.95. The molecule has 0 aliphatic carbocycles. The maximum absolute atomic E-state index is 13.2. The Bertz CT molecular complexity index is 334. The molecule has 0 saturated heterocycles. The Balaban J connectivity index is 2.66. The summed E-state index contributed by atoms with van der Waals surface area (Å²) in [6.45, 7) is 6.57. The van der Waals surface area contributed by atoms with Crippen molar-refractivity contribution < 1.29 is 4.39 Å². The van der Waals surface area contributed by atoms with Crippen molar-refractivity contribution in [2.75, 3.05) is 5.32 Å². The SMILES string of the molecule is CCC(C)CC(CC)Nc1cc(F)cc(Cl)c1. The Morgan fingerprint density at radius 3 is 2.47 bits per heavy atom. The summed E-state index contributed by atoms with van der Waals surface area (Å²) >= 11 is 5.83. The van der Waals surface area contributed by atoms with Gasteiger partial charge in [-0.15, -0.1) is 0 Å². The minimum absolute atomic E-state index is 0.293. The second-order valence-corrected chi connectivity index (χ2v) is 5.09. The third-order valence-corrected chi connectivity index (χ3v) is 3.33. The summed E-state index contributed by atoms with van der Waals surface area (Å²) in [5.41, 5.74) is 0.769. The van der Waals surface area contributed by atoms with Crippen LogP contribution in [0.4, 0.5) is 10.1 Å². The van der Waals surface area contributed by atoms with Crippen molar-refractivity contribution in [3.05, 3.63) is 29.0 Å². The maximum Gasteiger partial charge on any atom is 0.126 e. The molecule has 1 aromatic carbocycles. The molecule has 0 bridgehead atoms. The van der Waals surface area contributed by atoms with E-state index in [0.717, 1.165) is 18.5 Å². The fraction of sp³-hybridized carbons (Fsp3) is 0.571. The van der Waals surface area contributed by atoms with Crippen LogP contribution in [0.25, 0.3) is 0 Å². The van der Waals surface area contributed by atoms with Gasteiger partial charge in [-0.1, -0.05) is 38.8 Å². The second kappa shape index (κ2) is 6.85. The quantitative estimate of drug-likeness (QED) is 0.747. The minimum atomic E-state index is -0.293. The summed E-state index contributed by atoms with van der Waals surface area (Å²) in [7, 11) is 0. The molecule has 0 radical (unpaired) electrons. The fourth-order valence-corrected chi connectivity index (χ4v) is 2.07. The van der Waals surface area contributed by atoms with Crippen LogP contribution in [0.1, 0.15) is 40.0 Å². The number of nitrogens with one attached hydrogen (secondary N) is 1. The van der Waals surface area contributed by atoms with Gasteiger partial charge in [0.15, 0.2) is 0 Å². The third-order valence-electron chi connectivity index (χ3n) is 3.11. The summed E-state index contributed by atoms with van der Waals surface area (Å²) < 4.78 is 13.2. The number of anilines is 1.